The maximum atomic E-state index is 5.11. The summed E-state index contributed by atoms with van der Waals surface area (Å²) in [6, 6.07) is 15.8. The molecule has 1 heterocycles. The molecule has 0 aliphatic heterocycles. The molecule has 2 aliphatic rings. The number of aryl methyl sites for hydroxylation is 2. The van der Waals surface area contributed by atoms with E-state index in [1.165, 1.54) is 84.6 Å². The summed E-state index contributed by atoms with van der Waals surface area (Å²) in [6.07, 6.45) is 11.4. The van der Waals surface area contributed by atoms with Gasteiger partial charge in [0.05, 0.1) is 11.2 Å². The molecule has 0 radical (unpaired) electrons. The normalized spacial score (nSPS) is 19.3. The van der Waals surface area contributed by atoms with E-state index in [0.717, 1.165) is 11.2 Å². The Morgan fingerprint density at radius 3 is 2.34 bits per heavy atom. The van der Waals surface area contributed by atoms with Crippen molar-refractivity contribution in [1.82, 2.24) is 4.98 Å². The lowest BCUT2D eigenvalue weighted by Gasteiger charge is -2.38. The number of rotatable bonds is 2. The average Bonchev–Trinajstić information content (AvgIpc) is 3.18. The number of para-hydroxylation sites is 1. The molecule has 2 aliphatic carbocycles. The summed E-state index contributed by atoms with van der Waals surface area (Å²) >= 11 is 0. The van der Waals surface area contributed by atoms with Crippen molar-refractivity contribution in [2.24, 2.45) is 5.41 Å². The minimum atomic E-state index is 0.680. The number of aromatic nitrogens is 1. The molecule has 0 amide bonds. The molecule has 29 heavy (non-hydrogen) atoms. The molecular weight excluding hydrogens is 350 g/mol. The maximum Gasteiger partial charge on any atom is 0.0715 e. The van der Waals surface area contributed by atoms with Crippen molar-refractivity contribution in [2.75, 3.05) is 0 Å². The Balaban J connectivity index is 1.59. The van der Waals surface area contributed by atoms with Crippen molar-refractivity contribution in [3.8, 4) is 11.3 Å². The van der Waals surface area contributed by atoms with Gasteiger partial charge in [-0.05, 0) is 106 Å². The molecule has 5 rings (SSSR count). The summed E-state index contributed by atoms with van der Waals surface area (Å²) in [5.41, 5.74) is 9.88. The lowest BCUT2D eigenvalue weighted by molar-refractivity contribution is 0.182. The number of fused-ring (bicyclic) bond motifs is 1. The minimum absolute atomic E-state index is 0.680. The van der Waals surface area contributed by atoms with Gasteiger partial charge in [0.1, 0.15) is 0 Å². The van der Waals surface area contributed by atoms with E-state index in [1.54, 1.807) is 0 Å². The van der Waals surface area contributed by atoms with Crippen LogP contribution in [0.25, 0.3) is 22.2 Å². The van der Waals surface area contributed by atoms with Crippen molar-refractivity contribution < 1.29 is 0 Å². The third-order valence-electron chi connectivity index (χ3n) is 7.99. The van der Waals surface area contributed by atoms with Gasteiger partial charge in [0.2, 0.25) is 0 Å². The molecule has 1 nitrogen and oxygen atoms in total. The molecule has 2 aromatic carbocycles. The lowest BCUT2D eigenvalue weighted by Crippen LogP contribution is -2.23. The minimum Gasteiger partial charge on any atom is -0.248 e. The number of pyridine rings is 1. The van der Waals surface area contributed by atoms with E-state index in [0.29, 0.717) is 11.3 Å². The van der Waals surface area contributed by atoms with Crippen LogP contribution < -0.4 is 0 Å². The van der Waals surface area contributed by atoms with Crippen LogP contribution >= 0.6 is 0 Å². The van der Waals surface area contributed by atoms with Gasteiger partial charge in [-0.2, -0.15) is 0 Å². The highest BCUT2D eigenvalue weighted by molar-refractivity contribution is 5.86. The van der Waals surface area contributed by atoms with Crippen molar-refractivity contribution in [3.05, 3.63) is 64.7 Å². The van der Waals surface area contributed by atoms with Gasteiger partial charge in [0.25, 0.3) is 0 Å². The second kappa shape index (κ2) is 7.27. The second-order valence-corrected chi connectivity index (χ2v) is 9.85. The van der Waals surface area contributed by atoms with Crippen LogP contribution in [0.15, 0.2) is 42.5 Å². The quantitative estimate of drug-likeness (QED) is 0.436. The lowest BCUT2D eigenvalue weighted by atomic mass is 9.67. The Bertz CT molecular complexity index is 1050. The van der Waals surface area contributed by atoms with Gasteiger partial charge in [0.15, 0.2) is 0 Å². The second-order valence-electron chi connectivity index (χ2n) is 9.85. The van der Waals surface area contributed by atoms with Crippen LogP contribution in [-0.2, 0) is 0 Å². The van der Waals surface area contributed by atoms with Gasteiger partial charge < -0.3 is 0 Å². The molecule has 0 atom stereocenters. The smallest absolute Gasteiger partial charge is 0.0715 e. The SMILES string of the molecule is Cc1cc(C)c(C)c(-c2cc(C3CCC4(CCCC4)CC3)c3ccccc3n2)c1. The summed E-state index contributed by atoms with van der Waals surface area (Å²) in [6.45, 7) is 6.65. The van der Waals surface area contributed by atoms with Gasteiger partial charge in [-0.1, -0.05) is 42.7 Å². The molecule has 1 spiro atoms. The van der Waals surface area contributed by atoms with E-state index in [2.05, 4.69) is 63.2 Å². The molecular formula is C28H33N. The Kier molecular flexibility index (Phi) is 4.73. The summed E-state index contributed by atoms with van der Waals surface area (Å²) < 4.78 is 0. The van der Waals surface area contributed by atoms with Crippen LogP contribution in [0.2, 0.25) is 0 Å². The van der Waals surface area contributed by atoms with E-state index < -0.39 is 0 Å². The van der Waals surface area contributed by atoms with Crippen LogP contribution in [0.4, 0.5) is 0 Å². The highest BCUT2D eigenvalue weighted by Crippen LogP contribution is 2.52. The van der Waals surface area contributed by atoms with E-state index in [1.807, 2.05) is 0 Å². The molecule has 0 N–H and O–H groups in total. The zero-order valence-electron chi connectivity index (χ0n) is 18.2. The molecule has 2 saturated carbocycles. The fraction of sp³-hybridized carbons (Fsp3) is 0.464. The highest BCUT2D eigenvalue weighted by atomic mass is 14.7. The molecule has 1 heteroatoms. The first kappa shape index (κ1) is 18.9. The van der Waals surface area contributed by atoms with E-state index >= 15 is 0 Å². The number of hydrogen-bond acceptors (Lipinski definition) is 1. The van der Waals surface area contributed by atoms with Crippen LogP contribution in [0.3, 0.4) is 0 Å². The van der Waals surface area contributed by atoms with E-state index in [4.69, 9.17) is 4.98 Å². The zero-order chi connectivity index (χ0) is 20.0. The Morgan fingerprint density at radius 1 is 0.862 bits per heavy atom. The van der Waals surface area contributed by atoms with Gasteiger partial charge in [0, 0.05) is 10.9 Å². The van der Waals surface area contributed by atoms with Gasteiger partial charge in [-0.3, -0.25) is 0 Å². The number of benzene rings is 2. The molecule has 0 saturated heterocycles. The summed E-state index contributed by atoms with van der Waals surface area (Å²) in [5.74, 6) is 0.680. The first-order valence-corrected chi connectivity index (χ1v) is 11.5. The van der Waals surface area contributed by atoms with Gasteiger partial charge >= 0.3 is 0 Å². The summed E-state index contributed by atoms with van der Waals surface area (Å²) in [7, 11) is 0. The van der Waals surface area contributed by atoms with Gasteiger partial charge in [-0.25, -0.2) is 4.98 Å². The van der Waals surface area contributed by atoms with Crippen molar-refractivity contribution in [2.45, 2.75) is 78.1 Å². The Labute approximate surface area is 175 Å². The first-order chi connectivity index (χ1) is 14.0. The van der Waals surface area contributed by atoms with Gasteiger partial charge in [-0.15, -0.1) is 0 Å². The molecule has 0 bridgehead atoms. The Morgan fingerprint density at radius 2 is 1.59 bits per heavy atom. The van der Waals surface area contributed by atoms with Crippen molar-refractivity contribution >= 4 is 10.9 Å². The van der Waals surface area contributed by atoms with Crippen LogP contribution in [0, 0.1) is 26.2 Å². The molecule has 2 fully saturated rings. The highest BCUT2D eigenvalue weighted by Gasteiger charge is 2.38. The average molecular weight is 384 g/mol. The fourth-order valence-corrected chi connectivity index (χ4v) is 6.15. The predicted octanol–water partition coefficient (Wildman–Crippen LogP) is 8.05. The largest absolute Gasteiger partial charge is 0.248 e. The van der Waals surface area contributed by atoms with E-state index in [-0.39, 0.29) is 0 Å². The number of nitrogens with zero attached hydrogens (tertiary/aromatic N) is 1. The first-order valence-electron chi connectivity index (χ1n) is 11.5. The standard InChI is InChI=1S/C28H33N/c1-19-16-20(2)21(3)24(17-19)27-18-25(23-8-4-5-9-26(23)29-27)22-10-14-28(15-11-22)12-6-7-13-28/h4-5,8-9,16-18,22H,6-7,10-15H2,1-3H3. The third kappa shape index (κ3) is 3.39. The third-order valence-corrected chi connectivity index (χ3v) is 7.99. The van der Waals surface area contributed by atoms with Crippen LogP contribution in [-0.4, -0.2) is 4.98 Å². The van der Waals surface area contributed by atoms with Crippen LogP contribution in [0.1, 0.15) is 79.5 Å². The topological polar surface area (TPSA) is 12.9 Å². The predicted molar refractivity (Wildman–Crippen MR) is 124 cm³/mol. The van der Waals surface area contributed by atoms with Crippen molar-refractivity contribution in [3.63, 3.8) is 0 Å². The zero-order valence-corrected chi connectivity index (χ0v) is 18.2. The fourth-order valence-electron chi connectivity index (χ4n) is 6.15. The maximum absolute atomic E-state index is 5.11. The van der Waals surface area contributed by atoms with Crippen LogP contribution in [0.5, 0.6) is 0 Å². The monoisotopic (exact) mass is 383 g/mol. The summed E-state index contributed by atoms with van der Waals surface area (Å²) in [5, 5.41) is 1.37. The molecule has 1 aromatic heterocycles. The summed E-state index contributed by atoms with van der Waals surface area (Å²) in [4.78, 5) is 5.11. The van der Waals surface area contributed by atoms with E-state index in [9.17, 15) is 0 Å². The number of hydrogen-bond donors (Lipinski definition) is 0. The molecule has 0 unspecified atom stereocenters. The molecule has 150 valence electrons. The van der Waals surface area contributed by atoms with Crippen molar-refractivity contribution in [1.29, 1.82) is 0 Å². The Hall–Kier alpha value is -2.15. The molecule has 3 aromatic rings.